The summed E-state index contributed by atoms with van der Waals surface area (Å²) >= 11 is 0. The Bertz CT molecular complexity index is 997. The third-order valence-corrected chi connectivity index (χ3v) is 5.27. The van der Waals surface area contributed by atoms with Gasteiger partial charge in [0.15, 0.2) is 0 Å². The molecule has 0 spiro atoms. The fourth-order valence-corrected chi connectivity index (χ4v) is 3.71. The minimum absolute atomic E-state index is 0.0248. The first-order valence-corrected chi connectivity index (χ1v) is 9.77. The van der Waals surface area contributed by atoms with Crippen molar-refractivity contribution in [2.75, 3.05) is 13.1 Å². The third kappa shape index (κ3) is 4.08. The second kappa shape index (κ2) is 7.95. The van der Waals surface area contributed by atoms with E-state index in [1.807, 2.05) is 48.9 Å². The molecular formula is C22H24N4O3. The van der Waals surface area contributed by atoms with Crippen molar-refractivity contribution in [3.8, 4) is 5.69 Å². The van der Waals surface area contributed by atoms with Crippen molar-refractivity contribution in [1.82, 2.24) is 20.0 Å². The number of nitrogens with one attached hydrogen (secondary N) is 1. The minimum atomic E-state index is -0.0930. The van der Waals surface area contributed by atoms with E-state index in [1.165, 1.54) is 12.5 Å². The molecular weight excluding hydrogens is 368 g/mol. The molecule has 7 heteroatoms. The van der Waals surface area contributed by atoms with Gasteiger partial charge in [-0.05, 0) is 63.1 Å². The van der Waals surface area contributed by atoms with E-state index in [0.29, 0.717) is 24.2 Å². The molecule has 1 saturated heterocycles. The van der Waals surface area contributed by atoms with Crippen molar-refractivity contribution in [2.45, 2.75) is 32.7 Å². The van der Waals surface area contributed by atoms with Crippen LogP contribution in [0.1, 0.15) is 44.9 Å². The highest BCUT2D eigenvalue weighted by molar-refractivity contribution is 5.95. The van der Waals surface area contributed by atoms with E-state index in [9.17, 15) is 9.59 Å². The second-order valence-electron chi connectivity index (χ2n) is 7.44. The number of hydrogen-bond acceptors (Lipinski definition) is 4. The number of amides is 2. The summed E-state index contributed by atoms with van der Waals surface area (Å²) in [6.07, 6.45) is 4.44. The number of carbonyl (C=O) groups excluding carboxylic acids is 2. The SMILES string of the molecule is Cc1cc(C)n(-c2ccc(C(=O)NC3CCN(C(=O)c4ccoc4)CC3)cc2)n1. The van der Waals surface area contributed by atoms with Gasteiger partial charge in [-0.25, -0.2) is 4.68 Å². The van der Waals surface area contributed by atoms with Gasteiger partial charge in [0, 0.05) is 30.4 Å². The highest BCUT2D eigenvalue weighted by Crippen LogP contribution is 2.16. The van der Waals surface area contributed by atoms with Gasteiger partial charge in [0.05, 0.1) is 23.2 Å². The van der Waals surface area contributed by atoms with Gasteiger partial charge in [-0.2, -0.15) is 5.10 Å². The van der Waals surface area contributed by atoms with Crippen LogP contribution < -0.4 is 5.32 Å². The standard InChI is InChI=1S/C22H24N4O3/c1-15-13-16(2)26(24-15)20-5-3-17(4-6-20)21(27)23-19-7-10-25(11-8-19)22(28)18-9-12-29-14-18/h3-6,9,12-14,19H,7-8,10-11H2,1-2H3,(H,23,27). The fourth-order valence-electron chi connectivity index (χ4n) is 3.71. The Balaban J connectivity index is 1.33. The molecule has 150 valence electrons. The van der Waals surface area contributed by atoms with Crippen LogP contribution in [0.25, 0.3) is 5.69 Å². The van der Waals surface area contributed by atoms with Gasteiger partial charge < -0.3 is 14.6 Å². The largest absolute Gasteiger partial charge is 0.472 e. The van der Waals surface area contributed by atoms with E-state index in [1.54, 1.807) is 11.0 Å². The maximum Gasteiger partial charge on any atom is 0.257 e. The molecule has 7 nitrogen and oxygen atoms in total. The monoisotopic (exact) mass is 392 g/mol. The van der Waals surface area contributed by atoms with E-state index >= 15 is 0 Å². The van der Waals surface area contributed by atoms with Crippen LogP contribution in [0, 0.1) is 13.8 Å². The Morgan fingerprint density at radius 3 is 2.38 bits per heavy atom. The molecule has 1 aliphatic heterocycles. The third-order valence-electron chi connectivity index (χ3n) is 5.27. The van der Waals surface area contributed by atoms with Gasteiger partial charge in [0.25, 0.3) is 11.8 Å². The molecule has 0 saturated carbocycles. The maximum atomic E-state index is 12.6. The molecule has 1 fully saturated rings. The zero-order chi connectivity index (χ0) is 20.4. The number of nitrogens with zero attached hydrogens (tertiary/aromatic N) is 3. The molecule has 3 heterocycles. The van der Waals surface area contributed by atoms with Gasteiger partial charge in [0.2, 0.25) is 0 Å². The number of benzene rings is 1. The molecule has 4 rings (SSSR count). The number of aromatic nitrogens is 2. The van der Waals surface area contributed by atoms with Crippen molar-refractivity contribution >= 4 is 11.8 Å². The normalized spacial score (nSPS) is 14.8. The Morgan fingerprint density at radius 1 is 1.07 bits per heavy atom. The summed E-state index contributed by atoms with van der Waals surface area (Å²) in [7, 11) is 0. The first-order chi connectivity index (χ1) is 14.0. The van der Waals surface area contributed by atoms with E-state index in [4.69, 9.17) is 4.42 Å². The predicted molar refractivity (Wildman–Crippen MR) is 108 cm³/mol. The van der Waals surface area contributed by atoms with Crippen LogP contribution in [0.15, 0.2) is 53.3 Å². The topological polar surface area (TPSA) is 80.4 Å². The quantitative estimate of drug-likeness (QED) is 0.740. The van der Waals surface area contributed by atoms with Crippen LogP contribution in [-0.4, -0.2) is 45.6 Å². The molecule has 0 radical (unpaired) electrons. The van der Waals surface area contributed by atoms with Crippen molar-refractivity contribution < 1.29 is 14.0 Å². The van der Waals surface area contributed by atoms with Gasteiger partial charge in [-0.3, -0.25) is 9.59 Å². The molecule has 1 aliphatic rings. The average molecular weight is 392 g/mol. The summed E-state index contributed by atoms with van der Waals surface area (Å²) in [6, 6.07) is 11.2. The summed E-state index contributed by atoms with van der Waals surface area (Å²) in [5, 5.41) is 7.55. The van der Waals surface area contributed by atoms with E-state index in [-0.39, 0.29) is 17.9 Å². The molecule has 2 aromatic heterocycles. The number of furan rings is 1. The van der Waals surface area contributed by atoms with Crippen molar-refractivity contribution in [1.29, 1.82) is 0 Å². The Morgan fingerprint density at radius 2 is 1.79 bits per heavy atom. The lowest BCUT2D eigenvalue weighted by atomic mass is 10.0. The zero-order valence-corrected chi connectivity index (χ0v) is 16.6. The molecule has 0 bridgehead atoms. The lowest BCUT2D eigenvalue weighted by molar-refractivity contribution is 0.0697. The fraction of sp³-hybridized carbons (Fsp3) is 0.318. The number of rotatable bonds is 4. The summed E-state index contributed by atoms with van der Waals surface area (Å²) in [4.78, 5) is 26.8. The van der Waals surface area contributed by atoms with E-state index < -0.39 is 0 Å². The molecule has 29 heavy (non-hydrogen) atoms. The smallest absolute Gasteiger partial charge is 0.257 e. The number of carbonyl (C=O) groups is 2. The second-order valence-corrected chi connectivity index (χ2v) is 7.44. The number of likely N-dealkylation sites (tertiary alicyclic amines) is 1. The number of aryl methyl sites for hydroxylation is 2. The maximum absolute atomic E-state index is 12.6. The van der Waals surface area contributed by atoms with Crippen LogP contribution in [-0.2, 0) is 0 Å². The summed E-state index contributed by atoms with van der Waals surface area (Å²) < 4.78 is 6.85. The van der Waals surface area contributed by atoms with Gasteiger partial charge in [0.1, 0.15) is 6.26 Å². The zero-order valence-electron chi connectivity index (χ0n) is 16.6. The predicted octanol–water partition coefficient (Wildman–Crippen LogP) is 3.12. The minimum Gasteiger partial charge on any atom is -0.472 e. The van der Waals surface area contributed by atoms with Gasteiger partial charge in [-0.15, -0.1) is 0 Å². The Kier molecular flexibility index (Phi) is 5.20. The summed E-state index contributed by atoms with van der Waals surface area (Å²) in [6.45, 7) is 5.20. The van der Waals surface area contributed by atoms with Crippen molar-refractivity contribution in [3.05, 3.63) is 71.4 Å². The van der Waals surface area contributed by atoms with E-state index in [2.05, 4.69) is 10.4 Å². The summed E-state index contributed by atoms with van der Waals surface area (Å²) in [5.74, 6) is -0.118. The van der Waals surface area contributed by atoms with E-state index in [0.717, 1.165) is 29.9 Å². The van der Waals surface area contributed by atoms with Crippen LogP contribution in [0.2, 0.25) is 0 Å². The molecule has 1 N–H and O–H groups in total. The Hall–Kier alpha value is -3.35. The molecule has 1 aromatic carbocycles. The molecule has 2 amide bonds. The van der Waals surface area contributed by atoms with Gasteiger partial charge in [-0.1, -0.05) is 0 Å². The van der Waals surface area contributed by atoms with Crippen molar-refractivity contribution in [2.24, 2.45) is 0 Å². The van der Waals surface area contributed by atoms with Crippen LogP contribution >= 0.6 is 0 Å². The average Bonchev–Trinajstić information content (AvgIpc) is 3.38. The molecule has 0 atom stereocenters. The lowest BCUT2D eigenvalue weighted by Crippen LogP contribution is -2.46. The van der Waals surface area contributed by atoms with Crippen molar-refractivity contribution in [3.63, 3.8) is 0 Å². The van der Waals surface area contributed by atoms with Crippen LogP contribution in [0.4, 0.5) is 0 Å². The first kappa shape index (κ1) is 19.0. The number of hydrogen-bond donors (Lipinski definition) is 1. The molecule has 3 aromatic rings. The Labute approximate surface area is 169 Å². The lowest BCUT2D eigenvalue weighted by Gasteiger charge is -2.32. The highest BCUT2D eigenvalue weighted by atomic mass is 16.3. The van der Waals surface area contributed by atoms with Crippen LogP contribution in [0.5, 0.6) is 0 Å². The van der Waals surface area contributed by atoms with Crippen LogP contribution in [0.3, 0.4) is 0 Å². The highest BCUT2D eigenvalue weighted by Gasteiger charge is 2.25. The first-order valence-electron chi connectivity index (χ1n) is 9.77. The molecule has 0 aliphatic carbocycles. The summed E-state index contributed by atoms with van der Waals surface area (Å²) in [5.41, 5.74) is 4.12. The number of piperidine rings is 1. The molecule has 0 unspecified atom stereocenters. The van der Waals surface area contributed by atoms with Gasteiger partial charge >= 0.3 is 0 Å².